The minimum atomic E-state index is -0.207. The van der Waals surface area contributed by atoms with Crippen LogP contribution in [0.5, 0.6) is 0 Å². The third kappa shape index (κ3) is 3.37. The van der Waals surface area contributed by atoms with Gasteiger partial charge in [-0.05, 0) is 61.2 Å². The van der Waals surface area contributed by atoms with Crippen LogP contribution < -0.4 is 10.6 Å². The van der Waals surface area contributed by atoms with Crippen LogP contribution in [0.25, 0.3) is 22.5 Å². The Morgan fingerprint density at radius 3 is 2.77 bits per heavy atom. The third-order valence-corrected chi connectivity index (χ3v) is 5.77. The molecule has 2 aliphatic rings. The molecule has 0 spiro atoms. The van der Waals surface area contributed by atoms with Gasteiger partial charge in [0.05, 0.1) is 5.71 Å². The summed E-state index contributed by atoms with van der Waals surface area (Å²) in [7, 11) is 0. The first-order valence-electron chi connectivity index (χ1n) is 10.1. The van der Waals surface area contributed by atoms with E-state index in [1.165, 1.54) is 0 Å². The van der Waals surface area contributed by atoms with Gasteiger partial charge in [-0.2, -0.15) is 0 Å². The second-order valence-electron chi connectivity index (χ2n) is 7.67. The molecule has 0 radical (unpaired) electrons. The maximum absolute atomic E-state index is 12.8. The van der Waals surface area contributed by atoms with Gasteiger partial charge in [-0.25, -0.2) is 0 Å². The van der Waals surface area contributed by atoms with Gasteiger partial charge in [-0.3, -0.25) is 9.78 Å². The van der Waals surface area contributed by atoms with E-state index in [-0.39, 0.29) is 11.9 Å². The van der Waals surface area contributed by atoms with Crippen LogP contribution in [0.4, 0.5) is 0 Å². The zero-order valence-corrected chi connectivity index (χ0v) is 16.4. The number of hydrogen-bond donors (Lipinski definition) is 3. The van der Waals surface area contributed by atoms with Crippen molar-refractivity contribution in [2.24, 2.45) is 5.16 Å². The normalized spacial score (nSPS) is 19.2. The summed E-state index contributed by atoms with van der Waals surface area (Å²) in [5.74, 6) is 0.732. The highest BCUT2D eigenvalue weighted by Gasteiger charge is 2.24. The number of fused-ring (bicyclic) bond motifs is 1. The molecule has 1 saturated heterocycles. The number of oxime groups is 1. The first kappa shape index (κ1) is 18.6. The van der Waals surface area contributed by atoms with Crippen molar-refractivity contribution in [2.45, 2.75) is 25.3 Å². The molecule has 7 nitrogen and oxygen atoms in total. The third-order valence-electron chi connectivity index (χ3n) is 5.77. The fraction of sp³-hybridized carbons (Fsp3) is 0.261. The first-order chi connectivity index (χ1) is 14.7. The molecule has 1 atom stereocenters. The van der Waals surface area contributed by atoms with Gasteiger partial charge < -0.3 is 20.3 Å². The van der Waals surface area contributed by atoms with Crippen LogP contribution in [0.2, 0.25) is 0 Å². The van der Waals surface area contributed by atoms with Gasteiger partial charge in [0.15, 0.2) is 5.76 Å². The lowest BCUT2D eigenvalue weighted by Crippen LogP contribution is -2.35. The first-order valence-corrected chi connectivity index (χ1v) is 10.1. The number of aromatic nitrogens is 1. The Labute approximate surface area is 173 Å². The van der Waals surface area contributed by atoms with Crippen molar-refractivity contribution >= 4 is 11.6 Å². The Balaban J connectivity index is 1.55. The van der Waals surface area contributed by atoms with Crippen molar-refractivity contribution in [3.63, 3.8) is 0 Å². The van der Waals surface area contributed by atoms with Crippen molar-refractivity contribution in [1.29, 1.82) is 0 Å². The molecular weight excluding hydrogens is 380 g/mol. The lowest BCUT2D eigenvalue weighted by atomic mass is 9.99. The molecule has 1 amide bonds. The van der Waals surface area contributed by atoms with E-state index in [0.29, 0.717) is 23.7 Å². The zero-order chi connectivity index (χ0) is 20.5. The van der Waals surface area contributed by atoms with Gasteiger partial charge in [-0.15, -0.1) is 0 Å². The molecule has 30 heavy (non-hydrogen) atoms. The lowest BCUT2D eigenvalue weighted by molar-refractivity contribution is 0.0913. The number of amides is 1. The van der Waals surface area contributed by atoms with E-state index >= 15 is 0 Å². The highest BCUT2D eigenvalue weighted by atomic mass is 16.4. The topological polar surface area (TPSA) is 99.8 Å². The van der Waals surface area contributed by atoms with Crippen LogP contribution >= 0.6 is 0 Å². The van der Waals surface area contributed by atoms with Crippen molar-refractivity contribution in [1.82, 2.24) is 15.6 Å². The van der Waals surface area contributed by atoms with Gasteiger partial charge in [0, 0.05) is 41.7 Å². The summed E-state index contributed by atoms with van der Waals surface area (Å²) in [5, 5.41) is 18.9. The molecule has 3 aromatic rings. The smallest absolute Gasteiger partial charge is 0.287 e. The number of pyridine rings is 1. The Hall–Kier alpha value is -3.45. The van der Waals surface area contributed by atoms with Gasteiger partial charge >= 0.3 is 0 Å². The van der Waals surface area contributed by atoms with Crippen LogP contribution in [-0.4, -0.2) is 40.9 Å². The van der Waals surface area contributed by atoms with Crippen molar-refractivity contribution in [3.8, 4) is 22.5 Å². The fourth-order valence-electron chi connectivity index (χ4n) is 4.21. The predicted molar refractivity (Wildman–Crippen MR) is 113 cm³/mol. The van der Waals surface area contributed by atoms with E-state index in [9.17, 15) is 10.0 Å². The molecule has 1 aliphatic carbocycles. The molecule has 0 saturated carbocycles. The number of furan rings is 1. The van der Waals surface area contributed by atoms with Gasteiger partial charge in [0.2, 0.25) is 0 Å². The Bertz CT molecular complexity index is 1110. The van der Waals surface area contributed by atoms with E-state index in [0.717, 1.165) is 53.7 Å². The van der Waals surface area contributed by atoms with Crippen molar-refractivity contribution in [3.05, 3.63) is 65.7 Å². The highest BCUT2D eigenvalue weighted by Crippen LogP contribution is 2.37. The second-order valence-corrected chi connectivity index (χ2v) is 7.67. The molecule has 1 aliphatic heterocycles. The largest absolute Gasteiger partial charge is 0.450 e. The maximum atomic E-state index is 12.8. The Morgan fingerprint density at radius 2 is 2.00 bits per heavy atom. The molecule has 3 N–H and O–H groups in total. The molecule has 152 valence electrons. The maximum Gasteiger partial charge on any atom is 0.287 e. The van der Waals surface area contributed by atoms with E-state index in [2.05, 4.69) is 26.8 Å². The number of aryl methyl sites for hydroxylation is 1. The summed E-state index contributed by atoms with van der Waals surface area (Å²) >= 11 is 0. The van der Waals surface area contributed by atoms with Gasteiger partial charge in [0.1, 0.15) is 5.76 Å². The summed E-state index contributed by atoms with van der Waals surface area (Å²) in [6, 6.07) is 11.7. The lowest BCUT2D eigenvalue weighted by Gasteiger charge is -2.09. The molecule has 1 aromatic carbocycles. The molecule has 1 fully saturated rings. The fourth-order valence-corrected chi connectivity index (χ4v) is 4.21. The molecule has 0 bridgehead atoms. The van der Waals surface area contributed by atoms with Crippen LogP contribution in [0.3, 0.4) is 0 Å². The summed E-state index contributed by atoms with van der Waals surface area (Å²) < 4.78 is 6.11. The quantitative estimate of drug-likeness (QED) is 0.460. The second kappa shape index (κ2) is 7.76. The molecule has 7 heteroatoms. The monoisotopic (exact) mass is 402 g/mol. The molecule has 1 unspecified atom stereocenters. The number of rotatable bonds is 4. The predicted octanol–water partition coefficient (Wildman–Crippen LogP) is 3.22. The van der Waals surface area contributed by atoms with Crippen LogP contribution in [0.1, 0.15) is 34.5 Å². The Kier molecular flexibility index (Phi) is 4.80. The van der Waals surface area contributed by atoms with Crippen molar-refractivity contribution in [2.75, 3.05) is 13.1 Å². The zero-order valence-electron chi connectivity index (χ0n) is 16.4. The van der Waals surface area contributed by atoms with Crippen LogP contribution in [0, 0.1) is 0 Å². The number of nitrogens with one attached hydrogen (secondary N) is 2. The molecule has 2 aromatic heterocycles. The van der Waals surface area contributed by atoms with Crippen LogP contribution in [0.15, 0.2) is 58.4 Å². The van der Waals surface area contributed by atoms with E-state index in [1.54, 1.807) is 18.5 Å². The minimum Gasteiger partial charge on any atom is -0.450 e. The summed E-state index contributed by atoms with van der Waals surface area (Å²) in [6.45, 7) is 1.68. The highest BCUT2D eigenvalue weighted by molar-refractivity contribution is 6.04. The van der Waals surface area contributed by atoms with Gasteiger partial charge in [-0.1, -0.05) is 17.3 Å². The number of carbonyl (C=O) groups is 1. The Morgan fingerprint density at radius 1 is 1.13 bits per heavy atom. The van der Waals surface area contributed by atoms with E-state index < -0.39 is 0 Å². The number of carbonyl (C=O) groups excluding carboxylic acids is 1. The molecule has 3 heterocycles. The number of nitrogens with zero attached hydrogens (tertiary/aromatic N) is 2. The van der Waals surface area contributed by atoms with Gasteiger partial charge in [0.25, 0.3) is 5.91 Å². The summed E-state index contributed by atoms with van der Waals surface area (Å²) in [4.78, 5) is 16.9. The standard InChI is InChI=1S/C23H22N4O3/c28-23(26-17-7-10-25-13-17)21-12-19(14-5-8-24-9-6-14)22(30-21)16-1-3-18-15(11-16)2-4-20(18)27-29/h1,3,5-6,8-9,11-12,17,25,29H,2,4,7,10,13H2,(H,26,28)/b27-20-. The summed E-state index contributed by atoms with van der Waals surface area (Å²) in [6.07, 6.45) is 5.89. The van der Waals surface area contributed by atoms with E-state index in [1.807, 2.05) is 24.3 Å². The molecular formula is C23H22N4O3. The van der Waals surface area contributed by atoms with E-state index in [4.69, 9.17) is 4.42 Å². The molecule has 5 rings (SSSR count). The minimum absolute atomic E-state index is 0.117. The average molecular weight is 402 g/mol. The SMILES string of the molecule is O=C(NC1CCNC1)c1cc(-c2ccncc2)c(-c2ccc3c(c2)CC/C3=N/O)o1. The number of benzene rings is 1. The number of hydrogen-bond acceptors (Lipinski definition) is 6. The van der Waals surface area contributed by atoms with Crippen LogP contribution in [-0.2, 0) is 6.42 Å². The van der Waals surface area contributed by atoms with Crippen molar-refractivity contribution < 1.29 is 14.4 Å². The average Bonchev–Trinajstić information content (AvgIpc) is 3.53. The summed E-state index contributed by atoms with van der Waals surface area (Å²) in [5.41, 5.74) is 5.45.